The summed E-state index contributed by atoms with van der Waals surface area (Å²) >= 11 is 0.644. The van der Waals surface area contributed by atoms with Crippen LogP contribution in [0.5, 0.6) is 0 Å². The molecule has 118 valence electrons. The molecule has 0 radical (unpaired) electrons. The van der Waals surface area contributed by atoms with Crippen molar-refractivity contribution in [1.82, 2.24) is 5.32 Å². The van der Waals surface area contributed by atoms with Crippen LogP contribution in [0.3, 0.4) is 0 Å². The van der Waals surface area contributed by atoms with Gasteiger partial charge >= 0.3 is 0 Å². The number of rotatable bonds is 4. The summed E-state index contributed by atoms with van der Waals surface area (Å²) in [5.41, 5.74) is 0.317. The standard InChI is InChI=1S/C11H16N2O5S3/c1-3-4-8-10(13-6(2)14)7-5-9(21(12,17)18)19-11(7)20(8,15)16/h5,8,10H,3-4H2,1-2H3,(H,13,14)(H2,12,17,18). The van der Waals surface area contributed by atoms with E-state index in [4.69, 9.17) is 5.14 Å². The third-order valence-corrected chi connectivity index (χ3v) is 8.65. The number of primary sulfonamides is 1. The molecule has 0 aromatic carbocycles. The van der Waals surface area contributed by atoms with E-state index in [9.17, 15) is 21.6 Å². The molecule has 0 bridgehead atoms. The fourth-order valence-electron chi connectivity index (χ4n) is 2.46. The van der Waals surface area contributed by atoms with E-state index in [1.807, 2.05) is 6.92 Å². The van der Waals surface area contributed by atoms with E-state index in [1.165, 1.54) is 13.0 Å². The number of thiophene rings is 1. The minimum atomic E-state index is -3.97. The SMILES string of the molecule is CCCC1C(NC(C)=O)c2cc(S(N)(=O)=O)sc2S1(=O)=O. The van der Waals surface area contributed by atoms with E-state index in [2.05, 4.69) is 5.32 Å². The van der Waals surface area contributed by atoms with Crippen molar-refractivity contribution in [3.63, 3.8) is 0 Å². The Morgan fingerprint density at radius 3 is 2.57 bits per heavy atom. The average Bonchev–Trinajstić information content (AvgIpc) is 2.83. The van der Waals surface area contributed by atoms with Crippen LogP contribution in [0.4, 0.5) is 0 Å². The molecule has 1 aromatic rings. The van der Waals surface area contributed by atoms with Crippen molar-refractivity contribution < 1.29 is 21.6 Å². The molecule has 1 aliphatic heterocycles. The summed E-state index contributed by atoms with van der Waals surface area (Å²) in [4.78, 5) is 11.3. The van der Waals surface area contributed by atoms with E-state index >= 15 is 0 Å². The van der Waals surface area contributed by atoms with Crippen molar-refractivity contribution >= 4 is 37.1 Å². The van der Waals surface area contributed by atoms with Gasteiger partial charge in [-0.15, -0.1) is 11.3 Å². The highest BCUT2D eigenvalue weighted by Crippen LogP contribution is 2.46. The molecule has 21 heavy (non-hydrogen) atoms. The van der Waals surface area contributed by atoms with E-state index in [0.29, 0.717) is 29.7 Å². The van der Waals surface area contributed by atoms with E-state index in [-0.39, 0.29) is 14.3 Å². The van der Waals surface area contributed by atoms with Crippen LogP contribution < -0.4 is 10.5 Å². The van der Waals surface area contributed by atoms with Crippen LogP contribution in [-0.2, 0) is 24.7 Å². The van der Waals surface area contributed by atoms with Crippen LogP contribution in [0.2, 0.25) is 0 Å². The Balaban J connectivity index is 2.60. The van der Waals surface area contributed by atoms with Crippen LogP contribution in [0.1, 0.15) is 38.3 Å². The minimum absolute atomic E-state index is 0.0104. The van der Waals surface area contributed by atoms with Crippen LogP contribution in [0.25, 0.3) is 0 Å². The maximum absolute atomic E-state index is 12.5. The number of carbonyl (C=O) groups excluding carboxylic acids is 1. The molecular formula is C11H16N2O5S3. The number of sulfonamides is 1. The lowest BCUT2D eigenvalue weighted by Gasteiger charge is -2.19. The first-order valence-corrected chi connectivity index (χ1v) is 10.2. The maximum Gasteiger partial charge on any atom is 0.247 e. The third-order valence-electron chi connectivity index (χ3n) is 3.28. The molecule has 0 saturated carbocycles. The second-order valence-corrected chi connectivity index (χ2v) is 10.1. The molecule has 2 heterocycles. The van der Waals surface area contributed by atoms with Gasteiger partial charge in [0.25, 0.3) is 0 Å². The summed E-state index contributed by atoms with van der Waals surface area (Å²) in [6.07, 6.45) is 1.02. The minimum Gasteiger partial charge on any atom is -0.348 e. The molecule has 0 saturated heterocycles. The predicted molar refractivity (Wildman–Crippen MR) is 78.1 cm³/mol. The van der Waals surface area contributed by atoms with Crippen molar-refractivity contribution in [2.75, 3.05) is 0 Å². The maximum atomic E-state index is 12.5. The molecule has 3 N–H and O–H groups in total. The van der Waals surface area contributed by atoms with E-state index in [0.717, 1.165) is 0 Å². The van der Waals surface area contributed by atoms with Crippen molar-refractivity contribution in [2.24, 2.45) is 5.14 Å². The van der Waals surface area contributed by atoms with Crippen molar-refractivity contribution in [3.8, 4) is 0 Å². The topological polar surface area (TPSA) is 123 Å². The molecule has 7 nitrogen and oxygen atoms in total. The van der Waals surface area contributed by atoms with Crippen molar-refractivity contribution in [1.29, 1.82) is 0 Å². The van der Waals surface area contributed by atoms with Crippen LogP contribution in [0.15, 0.2) is 14.5 Å². The Bertz CT molecular complexity index is 779. The van der Waals surface area contributed by atoms with Gasteiger partial charge in [0.1, 0.15) is 8.42 Å². The van der Waals surface area contributed by atoms with Gasteiger partial charge < -0.3 is 5.32 Å². The molecule has 0 spiro atoms. The molecule has 2 rings (SSSR count). The largest absolute Gasteiger partial charge is 0.348 e. The van der Waals surface area contributed by atoms with Gasteiger partial charge in [0.15, 0.2) is 9.84 Å². The first-order valence-electron chi connectivity index (χ1n) is 6.26. The predicted octanol–water partition coefficient (Wildman–Crippen LogP) is 0.529. The second-order valence-electron chi connectivity index (χ2n) is 4.90. The normalized spacial score (nSPS) is 23.8. The molecule has 1 aromatic heterocycles. The number of hydrogen-bond donors (Lipinski definition) is 2. The van der Waals surface area contributed by atoms with Gasteiger partial charge in [-0.3, -0.25) is 4.79 Å². The Kier molecular flexibility index (Phi) is 4.17. The summed E-state index contributed by atoms with van der Waals surface area (Å²) in [7, 11) is -7.63. The number of carbonyl (C=O) groups is 1. The lowest BCUT2D eigenvalue weighted by molar-refractivity contribution is -0.119. The number of amides is 1. The first kappa shape index (κ1) is 16.4. The van der Waals surface area contributed by atoms with Crippen molar-refractivity contribution in [2.45, 2.75) is 46.4 Å². The Hall–Kier alpha value is -0.970. The van der Waals surface area contributed by atoms with Crippen LogP contribution in [-0.4, -0.2) is 28.0 Å². The fourth-order valence-corrected chi connectivity index (χ4v) is 7.31. The van der Waals surface area contributed by atoms with Gasteiger partial charge in [0.05, 0.1) is 11.3 Å². The molecule has 0 aliphatic carbocycles. The Labute approximate surface area is 127 Å². The number of sulfone groups is 1. The lowest BCUT2D eigenvalue weighted by Crippen LogP contribution is -2.34. The van der Waals surface area contributed by atoms with Gasteiger partial charge in [0.2, 0.25) is 15.9 Å². The number of fused-ring (bicyclic) bond motifs is 1. The Morgan fingerprint density at radius 1 is 1.48 bits per heavy atom. The van der Waals surface area contributed by atoms with Gasteiger partial charge in [-0.25, -0.2) is 22.0 Å². The van der Waals surface area contributed by atoms with E-state index in [1.54, 1.807) is 0 Å². The summed E-state index contributed by atoms with van der Waals surface area (Å²) in [6.45, 7) is 3.14. The summed E-state index contributed by atoms with van der Waals surface area (Å²) < 4.78 is 47.6. The van der Waals surface area contributed by atoms with Crippen LogP contribution >= 0.6 is 11.3 Å². The highest BCUT2D eigenvalue weighted by molar-refractivity contribution is 7.95. The van der Waals surface area contributed by atoms with Gasteiger partial charge in [-0.05, 0) is 12.5 Å². The lowest BCUT2D eigenvalue weighted by atomic mass is 10.0. The molecule has 0 fully saturated rings. The third kappa shape index (κ3) is 2.85. The van der Waals surface area contributed by atoms with Gasteiger partial charge in [0, 0.05) is 12.5 Å². The number of nitrogens with one attached hydrogen (secondary N) is 1. The molecule has 1 aliphatic rings. The van der Waals surface area contributed by atoms with Gasteiger partial charge in [-0.2, -0.15) is 0 Å². The second kappa shape index (κ2) is 5.34. The summed E-state index contributed by atoms with van der Waals surface area (Å²) in [5.74, 6) is -0.368. The highest BCUT2D eigenvalue weighted by Gasteiger charge is 2.47. The zero-order chi connectivity index (χ0) is 16.0. The zero-order valence-electron chi connectivity index (χ0n) is 11.5. The smallest absolute Gasteiger partial charge is 0.247 e. The monoisotopic (exact) mass is 352 g/mol. The van der Waals surface area contributed by atoms with E-state index < -0.39 is 31.2 Å². The molecular weight excluding hydrogens is 336 g/mol. The number of nitrogens with two attached hydrogens (primary N) is 1. The molecule has 10 heteroatoms. The molecule has 2 unspecified atom stereocenters. The molecule has 2 atom stereocenters. The highest BCUT2D eigenvalue weighted by atomic mass is 32.3. The first-order chi connectivity index (χ1) is 9.59. The Morgan fingerprint density at radius 2 is 2.10 bits per heavy atom. The quantitative estimate of drug-likeness (QED) is 0.818. The number of hydrogen-bond acceptors (Lipinski definition) is 6. The van der Waals surface area contributed by atoms with Gasteiger partial charge in [-0.1, -0.05) is 13.3 Å². The molecule has 1 amide bonds. The zero-order valence-corrected chi connectivity index (χ0v) is 13.9. The average molecular weight is 352 g/mol. The van der Waals surface area contributed by atoms with Crippen LogP contribution in [0, 0.1) is 0 Å². The summed E-state index contributed by atoms with van der Waals surface area (Å²) in [5, 5.41) is 6.89. The van der Waals surface area contributed by atoms with Crippen molar-refractivity contribution in [3.05, 3.63) is 11.6 Å². The fraction of sp³-hybridized carbons (Fsp3) is 0.545. The summed E-state index contributed by atoms with van der Waals surface area (Å²) in [6, 6.07) is 0.526.